The number of benzene rings is 1. The van der Waals surface area contributed by atoms with Gasteiger partial charge in [-0.1, -0.05) is 25.0 Å². The number of piperidine rings is 1. The van der Waals surface area contributed by atoms with Gasteiger partial charge in [-0.05, 0) is 37.8 Å². The van der Waals surface area contributed by atoms with Gasteiger partial charge < -0.3 is 4.90 Å². The Labute approximate surface area is 180 Å². The van der Waals surface area contributed by atoms with Gasteiger partial charge in [0, 0.05) is 32.0 Å². The molecule has 3 amide bonds. The molecule has 6 nitrogen and oxygen atoms in total. The minimum atomic E-state index is -0.133. The third kappa shape index (κ3) is 3.53. The largest absolute Gasteiger partial charge is 0.343 e. The fourth-order valence-electron chi connectivity index (χ4n) is 5.26. The van der Waals surface area contributed by atoms with Gasteiger partial charge in [-0.3, -0.25) is 19.3 Å². The second-order valence-electron chi connectivity index (χ2n) is 8.75. The molecule has 2 unspecified atom stereocenters. The quantitative estimate of drug-likeness (QED) is 0.702. The van der Waals surface area contributed by atoms with Gasteiger partial charge in [0.25, 0.3) is 0 Å². The number of rotatable bonds is 4. The molecule has 2 saturated heterocycles. The molecular formula is C23H27N3O3S. The van der Waals surface area contributed by atoms with Gasteiger partial charge in [0.15, 0.2) is 0 Å². The molecule has 3 aliphatic rings. The zero-order chi connectivity index (χ0) is 20.7. The van der Waals surface area contributed by atoms with E-state index in [9.17, 15) is 14.4 Å². The van der Waals surface area contributed by atoms with E-state index in [0.29, 0.717) is 19.0 Å². The SMILES string of the molecule is O=C(CCN1C(=O)C2CCCCC2C1=O)N1CCC(c2nc3ccccc3s2)CC1. The van der Waals surface area contributed by atoms with E-state index in [0.717, 1.165) is 44.0 Å². The van der Waals surface area contributed by atoms with Gasteiger partial charge in [-0.15, -0.1) is 11.3 Å². The number of fused-ring (bicyclic) bond motifs is 2. The lowest BCUT2D eigenvalue weighted by atomic mass is 9.81. The Morgan fingerprint density at radius 3 is 2.33 bits per heavy atom. The van der Waals surface area contributed by atoms with Crippen LogP contribution in [-0.4, -0.2) is 52.1 Å². The molecule has 30 heavy (non-hydrogen) atoms. The molecule has 1 saturated carbocycles. The number of aromatic nitrogens is 1. The maximum Gasteiger partial charge on any atom is 0.233 e. The van der Waals surface area contributed by atoms with Crippen LogP contribution in [0.25, 0.3) is 10.2 Å². The van der Waals surface area contributed by atoms with Crippen LogP contribution in [-0.2, 0) is 14.4 Å². The molecule has 158 valence electrons. The molecule has 2 atom stereocenters. The average molecular weight is 426 g/mol. The molecule has 7 heteroatoms. The Hall–Kier alpha value is -2.28. The standard InChI is InChI=1S/C23H27N3O3S/c27-20(11-14-26-22(28)16-5-1-2-6-17(16)23(26)29)25-12-9-15(10-13-25)21-24-18-7-3-4-8-19(18)30-21/h3-4,7-8,15-17H,1-2,5-6,9-14H2. The lowest BCUT2D eigenvalue weighted by Gasteiger charge is -2.31. The van der Waals surface area contributed by atoms with Gasteiger partial charge in [-0.25, -0.2) is 4.98 Å². The summed E-state index contributed by atoms with van der Waals surface area (Å²) in [4.78, 5) is 45.9. The first-order valence-electron chi connectivity index (χ1n) is 11.1. The molecule has 1 aromatic carbocycles. The molecule has 0 radical (unpaired) electrons. The number of imide groups is 1. The van der Waals surface area contributed by atoms with Gasteiger partial charge in [0.1, 0.15) is 0 Å². The van der Waals surface area contributed by atoms with Crippen LogP contribution in [0.3, 0.4) is 0 Å². The molecule has 1 aromatic heterocycles. The number of likely N-dealkylation sites (tertiary alicyclic amines) is 2. The Morgan fingerprint density at radius 2 is 1.67 bits per heavy atom. The van der Waals surface area contributed by atoms with Crippen molar-refractivity contribution >= 4 is 39.3 Å². The highest BCUT2D eigenvalue weighted by molar-refractivity contribution is 7.18. The molecular weight excluding hydrogens is 398 g/mol. The van der Waals surface area contributed by atoms with Crippen LogP contribution < -0.4 is 0 Å². The number of hydrogen-bond acceptors (Lipinski definition) is 5. The van der Waals surface area contributed by atoms with Gasteiger partial charge in [-0.2, -0.15) is 0 Å². The van der Waals surface area contributed by atoms with E-state index in [1.165, 1.54) is 14.6 Å². The average Bonchev–Trinajstić information content (AvgIpc) is 3.32. The fourth-order valence-corrected chi connectivity index (χ4v) is 6.39. The summed E-state index contributed by atoms with van der Waals surface area (Å²) in [5.74, 6) is 0.0837. The summed E-state index contributed by atoms with van der Waals surface area (Å²) >= 11 is 1.75. The fraction of sp³-hybridized carbons (Fsp3) is 0.565. The minimum Gasteiger partial charge on any atom is -0.343 e. The van der Waals surface area contributed by atoms with Crippen LogP contribution in [0.15, 0.2) is 24.3 Å². The van der Waals surface area contributed by atoms with E-state index in [2.05, 4.69) is 6.07 Å². The summed E-state index contributed by atoms with van der Waals surface area (Å²) in [6.45, 7) is 1.67. The first-order valence-corrected chi connectivity index (χ1v) is 11.9. The van der Waals surface area contributed by atoms with Crippen molar-refractivity contribution in [3.63, 3.8) is 0 Å². The first-order chi connectivity index (χ1) is 14.6. The molecule has 0 bridgehead atoms. The van der Waals surface area contributed by atoms with Crippen molar-refractivity contribution in [2.24, 2.45) is 11.8 Å². The minimum absolute atomic E-state index is 0.0490. The van der Waals surface area contributed by atoms with Crippen LogP contribution in [0.5, 0.6) is 0 Å². The molecule has 1 aliphatic carbocycles. The van der Waals surface area contributed by atoms with Gasteiger partial charge in [0.05, 0.1) is 27.1 Å². The predicted octanol–water partition coefficient (Wildman–Crippen LogP) is 3.57. The highest BCUT2D eigenvalue weighted by Crippen LogP contribution is 2.38. The van der Waals surface area contributed by atoms with Crippen molar-refractivity contribution in [1.82, 2.24) is 14.8 Å². The normalized spacial score (nSPS) is 25.2. The predicted molar refractivity (Wildman–Crippen MR) is 115 cm³/mol. The van der Waals surface area contributed by atoms with Crippen molar-refractivity contribution in [1.29, 1.82) is 0 Å². The number of thiazole rings is 1. The second kappa shape index (κ2) is 8.10. The lowest BCUT2D eigenvalue weighted by Crippen LogP contribution is -2.40. The Bertz CT molecular complexity index is 922. The van der Waals surface area contributed by atoms with Crippen LogP contribution in [0.1, 0.15) is 55.9 Å². The molecule has 3 fully saturated rings. The van der Waals surface area contributed by atoms with E-state index in [1.807, 2.05) is 23.1 Å². The summed E-state index contributed by atoms with van der Waals surface area (Å²) in [6.07, 6.45) is 5.75. The number of carbonyl (C=O) groups is 3. The highest BCUT2D eigenvalue weighted by Gasteiger charge is 2.47. The molecule has 0 spiro atoms. The Balaban J connectivity index is 1.14. The van der Waals surface area contributed by atoms with Crippen molar-refractivity contribution in [3.05, 3.63) is 29.3 Å². The smallest absolute Gasteiger partial charge is 0.233 e. The van der Waals surface area contributed by atoms with E-state index in [-0.39, 0.29) is 42.5 Å². The zero-order valence-corrected chi connectivity index (χ0v) is 17.9. The molecule has 2 aromatic rings. The third-order valence-corrected chi connectivity index (χ3v) is 8.19. The van der Waals surface area contributed by atoms with Crippen molar-refractivity contribution in [2.45, 2.75) is 50.9 Å². The van der Waals surface area contributed by atoms with E-state index >= 15 is 0 Å². The van der Waals surface area contributed by atoms with Crippen LogP contribution in [0.2, 0.25) is 0 Å². The Kier molecular flexibility index (Phi) is 5.31. The highest BCUT2D eigenvalue weighted by atomic mass is 32.1. The lowest BCUT2D eigenvalue weighted by molar-refractivity contribution is -0.141. The van der Waals surface area contributed by atoms with E-state index < -0.39 is 0 Å². The first kappa shape index (κ1) is 19.7. The van der Waals surface area contributed by atoms with Gasteiger partial charge in [0.2, 0.25) is 17.7 Å². The number of amides is 3. The van der Waals surface area contributed by atoms with Crippen molar-refractivity contribution < 1.29 is 14.4 Å². The number of nitrogens with zero attached hydrogens (tertiary/aromatic N) is 3. The number of para-hydroxylation sites is 1. The number of hydrogen-bond donors (Lipinski definition) is 0. The van der Waals surface area contributed by atoms with Crippen LogP contribution in [0.4, 0.5) is 0 Å². The summed E-state index contributed by atoms with van der Waals surface area (Å²) < 4.78 is 1.21. The van der Waals surface area contributed by atoms with E-state index in [1.54, 1.807) is 11.3 Å². The number of carbonyl (C=O) groups excluding carboxylic acids is 3. The maximum absolute atomic E-state index is 12.7. The van der Waals surface area contributed by atoms with Crippen LogP contribution in [0, 0.1) is 11.8 Å². The van der Waals surface area contributed by atoms with Gasteiger partial charge >= 0.3 is 0 Å². The summed E-state index contributed by atoms with van der Waals surface area (Å²) in [5, 5.41) is 1.17. The molecule has 5 rings (SSSR count). The van der Waals surface area contributed by atoms with E-state index in [4.69, 9.17) is 4.98 Å². The maximum atomic E-state index is 12.7. The monoisotopic (exact) mass is 425 g/mol. The topological polar surface area (TPSA) is 70.6 Å². The summed E-state index contributed by atoms with van der Waals surface area (Å²) in [7, 11) is 0. The second-order valence-corrected chi connectivity index (χ2v) is 9.81. The van der Waals surface area contributed by atoms with Crippen molar-refractivity contribution in [2.75, 3.05) is 19.6 Å². The molecule has 3 heterocycles. The molecule has 2 aliphatic heterocycles. The van der Waals surface area contributed by atoms with Crippen molar-refractivity contribution in [3.8, 4) is 0 Å². The summed E-state index contributed by atoms with van der Waals surface area (Å²) in [5.41, 5.74) is 1.05. The Morgan fingerprint density at radius 1 is 1.00 bits per heavy atom. The third-order valence-electron chi connectivity index (χ3n) is 6.99. The zero-order valence-electron chi connectivity index (χ0n) is 17.1. The van der Waals surface area contributed by atoms with Crippen LogP contribution >= 0.6 is 11.3 Å². The summed E-state index contributed by atoms with van der Waals surface area (Å²) in [6, 6.07) is 8.20. The molecule has 0 N–H and O–H groups in total.